The normalized spacial score (nSPS) is 11.7. The number of aryl methyl sites for hydroxylation is 1. The maximum atomic E-state index is 9.72. The summed E-state index contributed by atoms with van der Waals surface area (Å²) >= 11 is 0. The molecule has 1 rings (SSSR count). The Morgan fingerprint density at radius 2 is 2.08 bits per heavy atom. The highest BCUT2D eigenvalue weighted by molar-refractivity contribution is 5.15. The molecule has 72 valence electrons. The minimum absolute atomic E-state index is 0.749. The number of hydrogen-bond donors (Lipinski definition) is 1. The van der Waals surface area contributed by atoms with E-state index in [1.165, 1.54) is 0 Å². The average molecular weight is 179 g/mol. The first-order valence-corrected chi connectivity index (χ1v) is 4.73. The zero-order valence-corrected chi connectivity index (χ0v) is 8.54. The number of aromatic nitrogens is 1. The van der Waals surface area contributed by atoms with Gasteiger partial charge in [0.05, 0.1) is 5.69 Å². The zero-order valence-electron chi connectivity index (χ0n) is 8.54. The Morgan fingerprint density at radius 1 is 1.38 bits per heavy atom. The van der Waals surface area contributed by atoms with Gasteiger partial charge in [0.15, 0.2) is 0 Å². The molecule has 2 nitrogen and oxygen atoms in total. The van der Waals surface area contributed by atoms with E-state index >= 15 is 0 Å². The Balaban J connectivity index is 2.92. The van der Waals surface area contributed by atoms with E-state index < -0.39 is 5.60 Å². The fourth-order valence-corrected chi connectivity index (χ4v) is 1.22. The Bertz CT molecular complexity index is 276. The van der Waals surface area contributed by atoms with Crippen LogP contribution in [0.1, 0.15) is 38.6 Å². The Labute approximate surface area is 79.6 Å². The molecule has 2 heteroatoms. The fraction of sp³-hybridized carbons (Fsp3) is 0.545. The highest BCUT2D eigenvalue weighted by Gasteiger charge is 2.17. The molecule has 0 bridgehead atoms. The van der Waals surface area contributed by atoms with Crippen LogP contribution < -0.4 is 0 Å². The summed E-state index contributed by atoms with van der Waals surface area (Å²) in [6, 6.07) is 5.81. The molecule has 0 saturated carbocycles. The predicted molar refractivity (Wildman–Crippen MR) is 53.5 cm³/mol. The first kappa shape index (κ1) is 10.2. The van der Waals surface area contributed by atoms with Crippen molar-refractivity contribution in [3.05, 3.63) is 29.6 Å². The third-order valence-electron chi connectivity index (χ3n) is 1.94. The van der Waals surface area contributed by atoms with E-state index in [1.54, 1.807) is 13.8 Å². The molecule has 0 aliphatic carbocycles. The maximum Gasteiger partial charge on any atom is 0.101 e. The van der Waals surface area contributed by atoms with Crippen LogP contribution in [-0.2, 0) is 12.0 Å². The summed E-state index contributed by atoms with van der Waals surface area (Å²) in [5.41, 5.74) is 0.976. The summed E-state index contributed by atoms with van der Waals surface area (Å²) < 4.78 is 0. The van der Waals surface area contributed by atoms with Crippen LogP contribution in [0.15, 0.2) is 18.2 Å². The van der Waals surface area contributed by atoms with E-state index in [0.29, 0.717) is 0 Å². The molecule has 0 fully saturated rings. The van der Waals surface area contributed by atoms with Crippen molar-refractivity contribution in [2.45, 2.75) is 39.2 Å². The van der Waals surface area contributed by atoms with Gasteiger partial charge in [-0.2, -0.15) is 0 Å². The second-order valence-corrected chi connectivity index (χ2v) is 3.82. The van der Waals surface area contributed by atoms with E-state index in [0.717, 1.165) is 24.2 Å². The van der Waals surface area contributed by atoms with Crippen molar-refractivity contribution in [1.29, 1.82) is 0 Å². The lowest BCUT2D eigenvalue weighted by Crippen LogP contribution is -2.17. The minimum atomic E-state index is -0.830. The first-order valence-electron chi connectivity index (χ1n) is 4.73. The van der Waals surface area contributed by atoms with Gasteiger partial charge in [0.25, 0.3) is 0 Å². The van der Waals surface area contributed by atoms with Crippen molar-refractivity contribution in [3.63, 3.8) is 0 Å². The summed E-state index contributed by atoms with van der Waals surface area (Å²) in [4.78, 5) is 4.38. The van der Waals surface area contributed by atoms with Gasteiger partial charge in [0.2, 0.25) is 0 Å². The van der Waals surface area contributed by atoms with Gasteiger partial charge >= 0.3 is 0 Å². The third-order valence-corrected chi connectivity index (χ3v) is 1.94. The van der Waals surface area contributed by atoms with Crippen LogP contribution in [0.5, 0.6) is 0 Å². The van der Waals surface area contributed by atoms with Crippen molar-refractivity contribution < 1.29 is 5.11 Å². The number of rotatable bonds is 3. The van der Waals surface area contributed by atoms with Gasteiger partial charge in [-0.1, -0.05) is 19.4 Å². The van der Waals surface area contributed by atoms with Crippen LogP contribution in [0.3, 0.4) is 0 Å². The summed E-state index contributed by atoms with van der Waals surface area (Å²) in [5, 5.41) is 9.72. The maximum absolute atomic E-state index is 9.72. The van der Waals surface area contributed by atoms with E-state index in [4.69, 9.17) is 0 Å². The number of pyridine rings is 1. The van der Waals surface area contributed by atoms with Crippen LogP contribution in [0.25, 0.3) is 0 Å². The molecule has 0 unspecified atom stereocenters. The smallest absolute Gasteiger partial charge is 0.101 e. The van der Waals surface area contributed by atoms with Gasteiger partial charge in [-0.15, -0.1) is 0 Å². The molecule has 1 heterocycles. The van der Waals surface area contributed by atoms with E-state index in [-0.39, 0.29) is 0 Å². The second kappa shape index (κ2) is 3.88. The highest BCUT2D eigenvalue weighted by atomic mass is 16.3. The highest BCUT2D eigenvalue weighted by Crippen LogP contribution is 2.17. The Morgan fingerprint density at radius 3 is 2.62 bits per heavy atom. The molecule has 0 aromatic carbocycles. The number of aliphatic hydroxyl groups is 1. The van der Waals surface area contributed by atoms with Crippen molar-refractivity contribution in [1.82, 2.24) is 4.98 Å². The van der Waals surface area contributed by atoms with E-state index in [1.807, 2.05) is 18.2 Å². The van der Waals surface area contributed by atoms with Crippen molar-refractivity contribution in [2.24, 2.45) is 0 Å². The van der Waals surface area contributed by atoms with Crippen molar-refractivity contribution in [3.8, 4) is 0 Å². The largest absolute Gasteiger partial charge is 0.384 e. The zero-order chi connectivity index (χ0) is 9.90. The lowest BCUT2D eigenvalue weighted by Gasteiger charge is -2.16. The van der Waals surface area contributed by atoms with Crippen LogP contribution >= 0.6 is 0 Å². The van der Waals surface area contributed by atoms with E-state index in [2.05, 4.69) is 11.9 Å². The SMILES string of the molecule is CCCc1cccc(C(C)(C)O)n1. The van der Waals surface area contributed by atoms with Gasteiger partial charge in [0.1, 0.15) is 5.60 Å². The molecule has 0 saturated heterocycles. The van der Waals surface area contributed by atoms with Crippen molar-refractivity contribution >= 4 is 0 Å². The Hall–Kier alpha value is -0.890. The lowest BCUT2D eigenvalue weighted by molar-refractivity contribution is 0.0736. The number of nitrogens with zero attached hydrogens (tertiary/aromatic N) is 1. The van der Waals surface area contributed by atoms with Gasteiger partial charge in [0, 0.05) is 5.69 Å². The Kier molecular flexibility index (Phi) is 3.04. The molecule has 1 aromatic heterocycles. The fourth-order valence-electron chi connectivity index (χ4n) is 1.22. The summed E-state index contributed by atoms with van der Waals surface area (Å²) in [6.07, 6.45) is 2.06. The van der Waals surface area contributed by atoms with Crippen molar-refractivity contribution in [2.75, 3.05) is 0 Å². The molecule has 0 aliphatic rings. The molecule has 13 heavy (non-hydrogen) atoms. The van der Waals surface area contributed by atoms with Gasteiger partial charge < -0.3 is 5.11 Å². The van der Waals surface area contributed by atoms with Gasteiger partial charge in [-0.05, 0) is 32.4 Å². The molecule has 0 radical (unpaired) electrons. The molecule has 0 atom stereocenters. The first-order chi connectivity index (χ1) is 6.04. The predicted octanol–water partition coefficient (Wildman–Crippen LogP) is 2.26. The molecule has 1 N–H and O–H groups in total. The van der Waals surface area contributed by atoms with Gasteiger partial charge in [-0.3, -0.25) is 4.98 Å². The van der Waals surface area contributed by atoms with E-state index in [9.17, 15) is 5.11 Å². The third kappa shape index (κ3) is 2.81. The van der Waals surface area contributed by atoms with Crippen LogP contribution in [-0.4, -0.2) is 10.1 Å². The second-order valence-electron chi connectivity index (χ2n) is 3.82. The molecule has 0 amide bonds. The summed E-state index contributed by atoms with van der Waals surface area (Å²) in [6.45, 7) is 5.63. The topological polar surface area (TPSA) is 33.1 Å². The molecule has 1 aromatic rings. The monoisotopic (exact) mass is 179 g/mol. The summed E-state index contributed by atoms with van der Waals surface area (Å²) in [5.74, 6) is 0. The minimum Gasteiger partial charge on any atom is -0.384 e. The van der Waals surface area contributed by atoms with Crippen LogP contribution in [0.2, 0.25) is 0 Å². The molecular weight excluding hydrogens is 162 g/mol. The van der Waals surface area contributed by atoms with Crippen LogP contribution in [0.4, 0.5) is 0 Å². The molecule has 0 spiro atoms. The quantitative estimate of drug-likeness (QED) is 0.772. The lowest BCUT2D eigenvalue weighted by atomic mass is 10.0. The average Bonchev–Trinajstić information content (AvgIpc) is 2.04. The summed E-state index contributed by atoms with van der Waals surface area (Å²) in [7, 11) is 0. The molecular formula is C11H17NO. The molecule has 0 aliphatic heterocycles. The standard InChI is InChI=1S/C11H17NO/c1-4-6-9-7-5-8-10(12-9)11(2,3)13/h5,7-8,13H,4,6H2,1-3H3. The van der Waals surface area contributed by atoms with Crippen LogP contribution in [0, 0.1) is 0 Å². The van der Waals surface area contributed by atoms with Gasteiger partial charge in [-0.25, -0.2) is 0 Å². The number of hydrogen-bond acceptors (Lipinski definition) is 2.